The van der Waals surface area contributed by atoms with Gasteiger partial charge in [-0.3, -0.25) is 9.20 Å². The fourth-order valence-corrected chi connectivity index (χ4v) is 3.10. The lowest BCUT2D eigenvalue weighted by Crippen LogP contribution is -2.20. The summed E-state index contributed by atoms with van der Waals surface area (Å²) in [7, 11) is 0. The van der Waals surface area contributed by atoms with Gasteiger partial charge in [0.25, 0.3) is 5.56 Å². The van der Waals surface area contributed by atoms with E-state index in [1.165, 1.54) is 17.4 Å². The number of fused-ring (bicyclic) bond motifs is 1. The van der Waals surface area contributed by atoms with Crippen molar-refractivity contribution >= 4 is 16.3 Å². The Balaban J connectivity index is 2.12. The van der Waals surface area contributed by atoms with Crippen molar-refractivity contribution in [3.05, 3.63) is 33.7 Å². The van der Waals surface area contributed by atoms with Crippen LogP contribution in [0.25, 0.3) is 4.96 Å². The maximum Gasteiger partial charge on any atom is 0.258 e. The third-order valence-electron chi connectivity index (χ3n) is 3.00. The zero-order valence-electron chi connectivity index (χ0n) is 8.76. The second-order valence-corrected chi connectivity index (χ2v) is 4.78. The molecule has 84 valence electrons. The number of nitrogens with zero attached hydrogens (tertiary/aromatic N) is 2. The zero-order chi connectivity index (χ0) is 11.0. The Bertz CT molecular complexity index is 554. The number of rotatable bonds is 1. The van der Waals surface area contributed by atoms with Crippen LogP contribution in [0.2, 0.25) is 0 Å². The predicted octanol–water partition coefficient (Wildman–Crippen LogP) is 1.65. The van der Waals surface area contributed by atoms with Crippen molar-refractivity contribution in [1.29, 1.82) is 0 Å². The molecule has 5 heteroatoms. The summed E-state index contributed by atoms with van der Waals surface area (Å²) in [5, 5.41) is 2.06. The Labute approximate surface area is 96.5 Å². The topological polar surface area (TPSA) is 43.6 Å². The molecule has 0 amide bonds. The van der Waals surface area contributed by atoms with Gasteiger partial charge in [-0.1, -0.05) is 0 Å². The van der Waals surface area contributed by atoms with Crippen molar-refractivity contribution in [2.45, 2.75) is 18.8 Å². The molecule has 0 radical (unpaired) electrons. The summed E-state index contributed by atoms with van der Waals surface area (Å²) in [4.78, 5) is 16.8. The average molecular weight is 236 g/mol. The zero-order valence-corrected chi connectivity index (χ0v) is 9.57. The molecule has 1 saturated heterocycles. The molecule has 3 heterocycles. The van der Waals surface area contributed by atoms with E-state index in [1.54, 1.807) is 10.6 Å². The molecule has 4 nitrogen and oxygen atoms in total. The van der Waals surface area contributed by atoms with Crippen LogP contribution < -0.4 is 5.56 Å². The fourth-order valence-electron chi connectivity index (χ4n) is 2.15. The van der Waals surface area contributed by atoms with Gasteiger partial charge in [0.1, 0.15) is 0 Å². The van der Waals surface area contributed by atoms with Crippen molar-refractivity contribution in [2.75, 3.05) is 13.2 Å². The van der Waals surface area contributed by atoms with Crippen LogP contribution >= 0.6 is 11.3 Å². The second-order valence-electron chi connectivity index (χ2n) is 3.95. The van der Waals surface area contributed by atoms with E-state index in [-0.39, 0.29) is 5.56 Å². The monoisotopic (exact) mass is 236 g/mol. The summed E-state index contributed by atoms with van der Waals surface area (Å²) >= 11 is 1.53. The standard InChI is InChI=1S/C11H12N2O2S/c14-10-1-4-12-11-13(10)9(7-16-11)8-2-5-15-6-3-8/h1,4,7-8H,2-3,5-6H2. The minimum atomic E-state index is 0.0211. The first kappa shape index (κ1) is 9.99. The molecule has 0 spiro atoms. The highest BCUT2D eigenvalue weighted by Crippen LogP contribution is 2.28. The molecule has 2 aromatic rings. The highest BCUT2D eigenvalue weighted by Gasteiger charge is 2.20. The lowest BCUT2D eigenvalue weighted by atomic mass is 9.97. The molecule has 0 saturated carbocycles. The van der Waals surface area contributed by atoms with Gasteiger partial charge in [0.05, 0.1) is 0 Å². The van der Waals surface area contributed by atoms with E-state index in [9.17, 15) is 4.79 Å². The molecule has 0 bridgehead atoms. The van der Waals surface area contributed by atoms with Crippen LogP contribution in [0.1, 0.15) is 24.5 Å². The molecule has 1 aliphatic heterocycles. The average Bonchev–Trinajstić information content (AvgIpc) is 2.75. The Morgan fingerprint density at radius 2 is 2.25 bits per heavy atom. The first-order chi connectivity index (χ1) is 7.86. The first-order valence-corrected chi connectivity index (χ1v) is 6.27. The second kappa shape index (κ2) is 3.99. The SMILES string of the molecule is O=c1ccnc2scc(C3CCOCC3)n12. The third kappa shape index (κ3) is 1.56. The molecular weight excluding hydrogens is 224 g/mol. The minimum Gasteiger partial charge on any atom is -0.381 e. The number of aromatic nitrogens is 2. The van der Waals surface area contributed by atoms with Crippen LogP contribution in [0, 0.1) is 0 Å². The summed E-state index contributed by atoms with van der Waals surface area (Å²) < 4.78 is 7.08. The van der Waals surface area contributed by atoms with E-state index in [0.29, 0.717) is 5.92 Å². The molecule has 0 aromatic carbocycles. The van der Waals surface area contributed by atoms with Gasteiger partial charge in [0.2, 0.25) is 0 Å². The van der Waals surface area contributed by atoms with Gasteiger partial charge in [-0.2, -0.15) is 0 Å². The molecule has 1 fully saturated rings. The lowest BCUT2D eigenvalue weighted by molar-refractivity contribution is 0.0843. The number of hydrogen-bond acceptors (Lipinski definition) is 4. The van der Waals surface area contributed by atoms with Crippen LogP contribution in [0.4, 0.5) is 0 Å². The maximum atomic E-state index is 11.8. The lowest BCUT2D eigenvalue weighted by Gasteiger charge is -2.21. The van der Waals surface area contributed by atoms with Gasteiger partial charge in [-0.15, -0.1) is 11.3 Å². The normalized spacial score (nSPS) is 18.0. The number of hydrogen-bond donors (Lipinski definition) is 0. The van der Waals surface area contributed by atoms with Crippen LogP contribution in [0.15, 0.2) is 22.4 Å². The van der Waals surface area contributed by atoms with E-state index < -0.39 is 0 Å². The summed E-state index contributed by atoms with van der Waals surface area (Å²) in [5.41, 5.74) is 1.12. The van der Waals surface area contributed by atoms with Crippen LogP contribution in [0.5, 0.6) is 0 Å². The van der Waals surface area contributed by atoms with E-state index in [1.807, 2.05) is 0 Å². The van der Waals surface area contributed by atoms with Crippen LogP contribution in [-0.4, -0.2) is 22.6 Å². The molecule has 1 aliphatic rings. The highest BCUT2D eigenvalue weighted by molar-refractivity contribution is 7.15. The van der Waals surface area contributed by atoms with Crippen molar-refractivity contribution in [3.8, 4) is 0 Å². The van der Waals surface area contributed by atoms with Crippen LogP contribution in [0.3, 0.4) is 0 Å². The largest absolute Gasteiger partial charge is 0.381 e. The van der Waals surface area contributed by atoms with Gasteiger partial charge >= 0.3 is 0 Å². The maximum absolute atomic E-state index is 11.8. The molecule has 0 N–H and O–H groups in total. The Kier molecular flexibility index (Phi) is 2.49. The fraction of sp³-hybridized carbons (Fsp3) is 0.455. The molecule has 0 atom stereocenters. The Morgan fingerprint density at radius 1 is 1.44 bits per heavy atom. The summed E-state index contributed by atoms with van der Waals surface area (Å²) in [6, 6.07) is 1.52. The number of thiazole rings is 1. The van der Waals surface area contributed by atoms with Crippen molar-refractivity contribution in [2.24, 2.45) is 0 Å². The van der Waals surface area contributed by atoms with Crippen LogP contribution in [-0.2, 0) is 4.74 Å². The minimum absolute atomic E-state index is 0.0211. The first-order valence-electron chi connectivity index (χ1n) is 5.39. The summed E-state index contributed by atoms with van der Waals surface area (Å²) in [5.74, 6) is 0.435. The van der Waals surface area contributed by atoms with Gasteiger partial charge < -0.3 is 4.74 Å². The van der Waals surface area contributed by atoms with Crippen molar-refractivity contribution in [3.63, 3.8) is 0 Å². The Morgan fingerprint density at radius 3 is 3.06 bits per heavy atom. The Hall–Kier alpha value is -1.20. The summed E-state index contributed by atoms with van der Waals surface area (Å²) in [6.45, 7) is 1.58. The van der Waals surface area contributed by atoms with Crippen molar-refractivity contribution in [1.82, 2.24) is 9.38 Å². The smallest absolute Gasteiger partial charge is 0.258 e. The summed E-state index contributed by atoms with van der Waals surface area (Å²) in [6.07, 6.45) is 3.56. The molecule has 2 aromatic heterocycles. The third-order valence-corrected chi connectivity index (χ3v) is 3.85. The van der Waals surface area contributed by atoms with Gasteiger partial charge in [-0.25, -0.2) is 4.98 Å². The van der Waals surface area contributed by atoms with E-state index in [2.05, 4.69) is 10.4 Å². The number of ether oxygens (including phenoxy) is 1. The molecule has 0 unspecified atom stereocenters. The molecule has 3 rings (SSSR count). The quantitative estimate of drug-likeness (QED) is 0.756. The molecular formula is C11H12N2O2S. The highest BCUT2D eigenvalue weighted by atomic mass is 32.1. The predicted molar refractivity (Wildman–Crippen MR) is 62.1 cm³/mol. The van der Waals surface area contributed by atoms with E-state index in [0.717, 1.165) is 36.7 Å². The van der Waals surface area contributed by atoms with Crippen molar-refractivity contribution < 1.29 is 4.74 Å². The molecule has 0 aliphatic carbocycles. The van der Waals surface area contributed by atoms with Gasteiger partial charge in [-0.05, 0) is 12.8 Å². The van der Waals surface area contributed by atoms with E-state index in [4.69, 9.17) is 4.74 Å². The van der Waals surface area contributed by atoms with E-state index >= 15 is 0 Å². The molecule has 16 heavy (non-hydrogen) atoms. The van der Waals surface area contributed by atoms with Gasteiger partial charge in [0, 0.05) is 42.5 Å². The van der Waals surface area contributed by atoms with Gasteiger partial charge in [0.15, 0.2) is 4.96 Å².